The minimum Gasteiger partial charge on any atom is -0.493 e. The van der Waals surface area contributed by atoms with Crippen LogP contribution in [0.5, 0.6) is 11.5 Å². The van der Waals surface area contributed by atoms with Gasteiger partial charge in [-0.15, -0.1) is 21.5 Å². The second kappa shape index (κ2) is 8.83. The second-order valence-corrected chi connectivity index (χ2v) is 7.04. The Morgan fingerprint density at radius 3 is 2.75 bits per heavy atom. The van der Waals surface area contributed by atoms with Gasteiger partial charge in [-0.3, -0.25) is 4.79 Å². The number of methoxy groups -OCH3 is 2. The Morgan fingerprint density at radius 1 is 1.25 bits per heavy atom. The summed E-state index contributed by atoms with van der Waals surface area (Å²) < 4.78 is 12.6. The summed E-state index contributed by atoms with van der Waals surface area (Å²) in [6.45, 7) is 5.16. The van der Waals surface area contributed by atoms with Crippen molar-refractivity contribution in [1.29, 1.82) is 0 Å². The van der Waals surface area contributed by atoms with E-state index in [0.29, 0.717) is 35.0 Å². The van der Waals surface area contributed by atoms with Crippen LogP contribution < -0.4 is 14.8 Å². The van der Waals surface area contributed by atoms with E-state index < -0.39 is 0 Å². The molecule has 1 aromatic carbocycles. The number of aryl methyl sites for hydroxylation is 2. The molecule has 3 rings (SSSR count). The van der Waals surface area contributed by atoms with E-state index in [-0.39, 0.29) is 5.91 Å². The highest BCUT2D eigenvalue weighted by Gasteiger charge is 2.17. The molecular weight excluding hydrogens is 378 g/mol. The minimum absolute atomic E-state index is 0.135. The first kappa shape index (κ1) is 19.8. The van der Waals surface area contributed by atoms with Gasteiger partial charge in [0.25, 0.3) is 5.91 Å². The van der Waals surface area contributed by atoms with E-state index in [1.54, 1.807) is 20.5 Å². The number of benzene rings is 1. The number of carbonyl (C=O) groups is 1. The predicted octanol–water partition coefficient (Wildman–Crippen LogP) is 2.72. The van der Waals surface area contributed by atoms with Crippen LogP contribution in [0.2, 0.25) is 0 Å². The summed E-state index contributed by atoms with van der Waals surface area (Å²) in [5.74, 6) is 2.00. The van der Waals surface area contributed by atoms with Crippen molar-refractivity contribution in [1.82, 2.24) is 25.1 Å². The average Bonchev–Trinajstić information content (AvgIpc) is 3.33. The van der Waals surface area contributed by atoms with Gasteiger partial charge in [0.05, 0.1) is 19.9 Å². The number of rotatable bonds is 8. The lowest BCUT2D eigenvalue weighted by Gasteiger charge is -2.08. The Balaban J connectivity index is 1.70. The summed E-state index contributed by atoms with van der Waals surface area (Å²) in [7, 11) is 3.18. The number of nitrogens with zero attached hydrogens (tertiary/aromatic N) is 4. The molecule has 0 aliphatic rings. The maximum Gasteiger partial charge on any atom is 0.263 e. The molecule has 1 N–H and O–H groups in total. The molecule has 0 bridgehead atoms. The molecule has 2 heterocycles. The molecule has 0 aliphatic heterocycles. The summed E-state index contributed by atoms with van der Waals surface area (Å²) in [6.07, 6.45) is 2.32. The Bertz CT molecular complexity index is 966. The lowest BCUT2D eigenvalue weighted by molar-refractivity contribution is 0.0957. The molecule has 148 valence electrons. The molecule has 9 heteroatoms. The fraction of sp³-hybridized carbons (Fsp3) is 0.368. The molecule has 0 fully saturated rings. The molecule has 0 radical (unpaired) electrons. The monoisotopic (exact) mass is 401 g/mol. The fourth-order valence-corrected chi connectivity index (χ4v) is 3.78. The Morgan fingerprint density at radius 2 is 2.04 bits per heavy atom. The van der Waals surface area contributed by atoms with Crippen molar-refractivity contribution in [3.63, 3.8) is 0 Å². The molecule has 0 spiro atoms. The van der Waals surface area contributed by atoms with E-state index in [2.05, 4.69) is 20.5 Å². The van der Waals surface area contributed by atoms with Gasteiger partial charge < -0.3 is 19.4 Å². The topological polar surface area (TPSA) is 91.2 Å². The first-order chi connectivity index (χ1) is 13.6. The maximum absolute atomic E-state index is 12.6. The highest BCUT2D eigenvalue weighted by molar-refractivity contribution is 7.17. The van der Waals surface area contributed by atoms with E-state index in [1.165, 1.54) is 11.3 Å². The predicted molar refractivity (Wildman–Crippen MR) is 107 cm³/mol. The zero-order chi connectivity index (χ0) is 20.1. The van der Waals surface area contributed by atoms with E-state index in [1.807, 2.05) is 36.6 Å². The van der Waals surface area contributed by atoms with Gasteiger partial charge in [-0.2, -0.15) is 0 Å². The molecule has 0 atom stereocenters. The standard InChI is InChI=1S/C19H23N5O3S/c1-5-24-11-21-23-16(24)8-9-20-18(25)17-12(2)22-19(28-17)13-6-7-14(26-3)15(10-13)27-4/h6-7,10-11H,5,8-9H2,1-4H3,(H,20,25). The summed E-state index contributed by atoms with van der Waals surface area (Å²) in [5, 5.41) is 11.7. The van der Waals surface area contributed by atoms with Crippen LogP contribution in [-0.4, -0.2) is 46.4 Å². The smallest absolute Gasteiger partial charge is 0.263 e. The molecule has 0 unspecified atom stereocenters. The van der Waals surface area contributed by atoms with Gasteiger partial charge in [-0.05, 0) is 32.0 Å². The molecule has 2 aromatic heterocycles. The van der Waals surface area contributed by atoms with Gasteiger partial charge in [0.1, 0.15) is 22.0 Å². The number of amides is 1. The Kier molecular flexibility index (Phi) is 6.25. The van der Waals surface area contributed by atoms with Gasteiger partial charge in [0, 0.05) is 25.1 Å². The Labute approximate surface area is 167 Å². The first-order valence-electron chi connectivity index (χ1n) is 8.92. The van der Waals surface area contributed by atoms with Crippen LogP contribution in [0.3, 0.4) is 0 Å². The lowest BCUT2D eigenvalue weighted by Crippen LogP contribution is -2.26. The van der Waals surface area contributed by atoms with Gasteiger partial charge in [0.15, 0.2) is 11.5 Å². The van der Waals surface area contributed by atoms with E-state index in [4.69, 9.17) is 9.47 Å². The highest BCUT2D eigenvalue weighted by atomic mass is 32.1. The Hall–Kier alpha value is -2.94. The zero-order valence-electron chi connectivity index (χ0n) is 16.4. The number of hydrogen-bond donors (Lipinski definition) is 1. The van der Waals surface area contributed by atoms with Crippen LogP contribution in [0.15, 0.2) is 24.5 Å². The second-order valence-electron chi connectivity index (χ2n) is 6.04. The molecular formula is C19H23N5O3S. The summed E-state index contributed by atoms with van der Waals surface area (Å²) in [5.41, 5.74) is 1.57. The fourth-order valence-electron chi connectivity index (χ4n) is 2.80. The van der Waals surface area contributed by atoms with Crippen molar-refractivity contribution in [2.75, 3.05) is 20.8 Å². The highest BCUT2D eigenvalue weighted by Crippen LogP contribution is 2.34. The van der Waals surface area contributed by atoms with E-state index in [0.717, 1.165) is 22.9 Å². The lowest BCUT2D eigenvalue weighted by atomic mass is 10.2. The van der Waals surface area contributed by atoms with Crippen LogP contribution in [-0.2, 0) is 13.0 Å². The zero-order valence-corrected chi connectivity index (χ0v) is 17.2. The van der Waals surface area contributed by atoms with Gasteiger partial charge in [-0.25, -0.2) is 4.98 Å². The third-order valence-electron chi connectivity index (χ3n) is 4.30. The number of ether oxygens (including phenoxy) is 2. The molecule has 3 aromatic rings. The normalized spacial score (nSPS) is 10.7. The SMILES string of the molecule is CCn1cnnc1CCNC(=O)c1sc(-c2ccc(OC)c(OC)c2)nc1C. The number of carbonyl (C=O) groups excluding carboxylic acids is 1. The first-order valence-corrected chi connectivity index (χ1v) is 9.73. The number of aromatic nitrogens is 4. The quantitative estimate of drug-likeness (QED) is 0.624. The van der Waals surface area contributed by atoms with Gasteiger partial charge in [-0.1, -0.05) is 0 Å². The number of nitrogens with one attached hydrogen (secondary N) is 1. The van der Waals surface area contributed by atoms with Crippen LogP contribution in [0.1, 0.15) is 28.1 Å². The largest absolute Gasteiger partial charge is 0.493 e. The van der Waals surface area contributed by atoms with Crippen molar-refractivity contribution in [2.45, 2.75) is 26.8 Å². The summed E-state index contributed by atoms with van der Waals surface area (Å²) in [6, 6.07) is 5.59. The van der Waals surface area contributed by atoms with E-state index in [9.17, 15) is 4.79 Å². The third kappa shape index (κ3) is 4.14. The van der Waals surface area contributed by atoms with Gasteiger partial charge >= 0.3 is 0 Å². The number of thiazole rings is 1. The average molecular weight is 401 g/mol. The summed E-state index contributed by atoms with van der Waals surface area (Å²) in [4.78, 5) is 17.7. The van der Waals surface area contributed by atoms with E-state index >= 15 is 0 Å². The number of hydrogen-bond acceptors (Lipinski definition) is 7. The van der Waals surface area contributed by atoms with Crippen LogP contribution in [0.25, 0.3) is 10.6 Å². The van der Waals surface area contributed by atoms with Crippen LogP contribution in [0, 0.1) is 6.92 Å². The molecule has 28 heavy (non-hydrogen) atoms. The third-order valence-corrected chi connectivity index (χ3v) is 5.51. The van der Waals surface area contributed by atoms with Crippen molar-refractivity contribution >= 4 is 17.2 Å². The molecule has 8 nitrogen and oxygen atoms in total. The maximum atomic E-state index is 12.6. The van der Waals surface area contributed by atoms with Crippen molar-refractivity contribution < 1.29 is 14.3 Å². The van der Waals surface area contributed by atoms with Crippen molar-refractivity contribution in [2.24, 2.45) is 0 Å². The minimum atomic E-state index is -0.135. The molecule has 1 amide bonds. The summed E-state index contributed by atoms with van der Waals surface area (Å²) >= 11 is 1.36. The van der Waals surface area contributed by atoms with Crippen molar-refractivity contribution in [3.8, 4) is 22.1 Å². The van der Waals surface area contributed by atoms with Crippen LogP contribution >= 0.6 is 11.3 Å². The molecule has 0 aliphatic carbocycles. The molecule has 0 saturated carbocycles. The van der Waals surface area contributed by atoms with Gasteiger partial charge in [0.2, 0.25) is 0 Å². The van der Waals surface area contributed by atoms with Crippen molar-refractivity contribution in [3.05, 3.63) is 40.9 Å². The molecule has 0 saturated heterocycles. The van der Waals surface area contributed by atoms with Crippen LogP contribution in [0.4, 0.5) is 0 Å².